The maximum atomic E-state index is 12.5. The summed E-state index contributed by atoms with van der Waals surface area (Å²) < 4.78 is 0. The predicted octanol–water partition coefficient (Wildman–Crippen LogP) is 2.73. The minimum absolute atomic E-state index is 0.124. The molecule has 0 aromatic heterocycles. The number of benzene rings is 1. The number of nitrogens with one attached hydrogen (secondary N) is 1. The van der Waals surface area contributed by atoms with Gasteiger partial charge in [0.1, 0.15) is 0 Å². The number of carbonyl (C=O) groups is 2. The van der Waals surface area contributed by atoms with Crippen LogP contribution in [0.15, 0.2) is 30.3 Å². The zero-order valence-corrected chi connectivity index (χ0v) is 12.7. The zero-order valence-electron chi connectivity index (χ0n) is 12.7. The van der Waals surface area contributed by atoms with Crippen LogP contribution in [0.4, 0.5) is 0 Å². The van der Waals surface area contributed by atoms with Crippen molar-refractivity contribution in [3.8, 4) is 0 Å². The quantitative estimate of drug-likeness (QED) is 0.876. The molecule has 4 nitrogen and oxygen atoms in total. The maximum Gasteiger partial charge on any atom is 0.311 e. The first-order chi connectivity index (χ1) is 9.88. The van der Waals surface area contributed by atoms with Crippen molar-refractivity contribution in [1.29, 1.82) is 0 Å². The maximum absolute atomic E-state index is 12.5. The molecule has 2 N–H and O–H groups in total. The third-order valence-electron chi connectivity index (χ3n) is 4.66. The Morgan fingerprint density at radius 1 is 1.19 bits per heavy atom. The van der Waals surface area contributed by atoms with Crippen molar-refractivity contribution >= 4 is 11.9 Å². The fourth-order valence-corrected chi connectivity index (χ4v) is 2.97. The van der Waals surface area contributed by atoms with Gasteiger partial charge in [0.05, 0.1) is 10.8 Å². The van der Waals surface area contributed by atoms with Gasteiger partial charge in [-0.2, -0.15) is 0 Å². The molecule has 1 aliphatic carbocycles. The zero-order chi connectivity index (χ0) is 15.5. The van der Waals surface area contributed by atoms with Gasteiger partial charge in [-0.1, -0.05) is 43.2 Å². The minimum atomic E-state index is -0.794. The van der Waals surface area contributed by atoms with Crippen molar-refractivity contribution in [3.05, 3.63) is 35.9 Å². The summed E-state index contributed by atoms with van der Waals surface area (Å²) in [6.07, 6.45) is 3.14. The van der Waals surface area contributed by atoms with Gasteiger partial charge < -0.3 is 10.4 Å². The number of hydrogen-bond acceptors (Lipinski definition) is 2. The molecular formula is C17H23NO3. The Balaban J connectivity index is 2.06. The largest absolute Gasteiger partial charge is 0.481 e. The van der Waals surface area contributed by atoms with E-state index in [9.17, 15) is 14.7 Å². The van der Waals surface area contributed by atoms with Gasteiger partial charge in [-0.15, -0.1) is 0 Å². The van der Waals surface area contributed by atoms with Crippen molar-refractivity contribution in [3.63, 3.8) is 0 Å². The standard InChI is InChI=1S/C17H23NO3/c1-16(2,13-8-4-3-5-9-13)14(19)18-12-17(15(20)21)10-6-7-11-17/h3-5,8-9H,6-7,10-12H2,1-2H3,(H,18,19)(H,20,21). The first-order valence-corrected chi connectivity index (χ1v) is 7.46. The number of carboxylic acids is 1. The van der Waals surface area contributed by atoms with E-state index in [1.807, 2.05) is 44.2 Å². The summed E-state index contributed by atoms with van der Waals surface area (Å²) in [4.78, 5) is 24.0. The lowest BCUT2D eigenvalue weighted by Crippen LogP contribution is -2.47. The highest BCUT2D eigenvalue weighted by molar-refractivity contribution is 5.88. The van der Waals surface area contributed by atoms with Crippen molar-refractivity contribution in [2.45, 2.75) is 44.9 Å². The van der Waals surface area contributed by atoms with Gasteiger partial charge in [-0.25, -0.2) is 0 Å². The fourth-order valence-electron chi connectivity index (χ4n) is 2.97. The Labute approximate surface area is 125 Å². The van der Waals surface area contributed by atoms with E-state index in [-0.39, 0.29) is 12.5 Å². The highest BCUT2D eigenvalue weighted by Gasteiger charge is 2.42. The molecule has 4 heteroatoms. The van der Waals surface area contributed by atoms with E-state index in [4.69, 9.17) is 0 Å². The summed E-state index contributed by atoms with van der Waals surface area (Å²) in [6, 6.07) is 9.56. The van der Waals surface area contributed by atoms with Crippen LogP contribution in [0.1, 0.15) is 45.1 Å². The highest BCUT2D eigenvalue weighted by Crippen LogP contribution is 2.38. The SMILES string of the molecule is CC(C)(C(=O)NCC1(C(=O)O)CCCC1)c1ccccc1. The molecule has 1 fully saturated rings. The summed E-state index contributed by atoms with van der Waals surface area (Å²) in [5, 5.41) is 12.3. The Kier molecular flexibility index (Phi) is 4.35. The van der Waals surface area contributed by atoms with Gasteiger partial charge in [0.25, 0.3) is 0 Å². The average Bonchev–Trinajstić information content (AvgIpc) is 2.96. The molecule has 114 valence electrons. The molecular weight excluding hydrogens is 266 g/mol. The monoisotopic (exact) mass is 289 g/mol. The molecule has 0 aliphatic heterocycles. The van der Waals surface area contributed by atoms with Crippen molar-refractivity contribution in [1.82, 2.24) is 5.32 Å². The van der Waals surface area contributed by atoms with E-state index >= 15 is 0 Å². The predicted molar refractivity (Wildman–Crippen MR) is 81.0 cm³/mol. The number of hydrogen-bond donors (Lipinski definition) is 2. The van der Waals surface area contributed by atoms with E-state index in [2.05, 4.69) is 5.32 Å². The van der Waals surface area contributed by atoms with Crippen LogP contribution in [0, 0.1) is 5.41 Å². The number of amides is 1. The molecule has 0 bridgehead atoms. The average molecular weight is 289 g/mol. The summed E-state index contributed by atoms with van der Waals surface area (Å²) in [6.45, 7) is 3.94. The van der Waals surface area contributed by atoms with Crippen LogP contribution < -0.4 is 5.32 Å². The molecule has 1 saturated carbocycles. The third-order valence-corrected chi connectivity index (χ3v) is 4.66. The number of aliphatic carboxylic acids is 1. The second-order valence-corrected chi connectivity index (χ2v) is 6.47. The van der Waals surface area contributed by atoms with Gasteiger partial charge >= 0.3 is 5.97 Å². The first-order valence-electron chi connectivity index (χ1n) is 7.46. The van der Waals surface area contributed by atoms with Crippen LogP contribution in [0.2, 0.25) is 0 Å². The number of carbonyl (C=O) groups excluding carboxylic acids is 1. The second kappa shape index (κ2) is 5.88. The summed E-state index contributed by atoms with van der Waals surface area (Å²) in [5.41, 5.74) is -0.513. The lowest BCUT2D eigenvalue weighted by Gasteiger charge is -2.29. The van der Waals surface area contributed by atoms with Crippen molar-refractivity contribution < 1.29 is 14.7 Å². The topological polar surface area (TPSA) is 66.4 Å². The molecule has 1 aromatic rings. The third kappa shape index (κ3) is 3.09. The smallest absolute Gasteiger partial charge is 0.311 e. The minimum Gasteiger partial charge on any atom is -0.481 e. The summed E-state index contributed by atoms with van der Waals surface area (Å²) >= 11 is 0. The number of carboxylic acid groups (broad SMARTS) is 1. The van der Waals surface area contributed by atoms with E-state index in [0.717, 1.165) is 18.4 Å². The summed E-state index contributed by atoms with van der Waals surface area (Å²) in [7, 11) is 0. The van der Waals surface area contributed by atoms with Gasteiger partial charge in [0, 0.05) is 6.54 Å². The molecule has 0 radical (unpaired) electrons. The molecule has 1 aromatic carbocycles. The molecule has 0 atom stereocenters. The summed E-state index contributed by atoms with van der Waals surface area (Å²) in [5.74, 6) is -0.918. The van der Waals surface area contributed by atoms with Gasteiger partial charge in [0.2, 0.25) is 5.91 Å². The van der Waals surface area contributed by atoms with Gasteiger partial charge in [-0.3, -0.25) is 9.59 Å². The molecule has 2 rings (SSSR count). The van der Waals surface area contributed by atoms with Gasteiger partial charge in [-0.05, 0) is 32.3 Å². The Morgan fingerprint density at radius 2 is 1.76 bits per heavy atom. The van der Waals surface area contributed by atoms with Crippen LogP contribution in [-0.2, 0) is 15.0 Å². The lowest BCUT2D eigenvalue weighted by molar-refractivity contribution is -0.148. The molecule has 0 spiro atoms. The van der Waals surface area contributed by atoms with E-state index in [1.54, 1.807) is 0 Å². The van der Waals surface area contributed by atoms with Crippen molar-refractivity contribution in [2.24, 2.45) is 5.41 Å². The van der Waals surface area contributed by atoms with E-state index in [1.165, 1.54) is 0 Å². The normalized spacial score (nSPS) is 17.4. The highest BCUT2D eigenvalue weighted by atomic mass is 16.4. The van der Waals surface area contributed by atoms with Crippen LogP contribution in [0.3, 0.4) is 0 Å². The van der Waals surface area contributed by atoms with Crippen LogP contribution in [0.25, 0.3) is 0 Å². The molecule has 1 aliphatic rings. The first kappa shape index (κ1) is 15.5. The second-order valence-electron chi connectivity index (χ2n) is 6.47. The molecule has 0 heterocycles. The Bertz CT molecular complexity index is 516. The van der Waals surface area contributed by atoms with Crippen LogP contribution >= 0.6 is 0 Å². The fraction of sp³-hybridized carbons (Fsp3) is 0.529. The molecule has 0 saturated heterocycles. The molecule has 0 unspecified atom stereocenters. The van der Waals surface area contributed by atoms with Crippen molar-refractivity contribution in [2.75, 3.05) is 6.54 Å². The Morgan fingerprint density at radius 3 is 2.29 bits per heavy atom. The van der Waals surface area contributed by atoms with E-state index < -0.39 is 16.8 Å². The Hall–Kier alpha value is -1.84. The molecule has 1 amide bonds. The van der Waals surface area contributed by atoms with Crippen LogP contribution in [0.5, 0.6) is 0 Å². The lowest BCUT2D eigenvalue weighted by atomic mass is 9.82. The van der Waals surface area contributed by atoms with E-state index in [0.29, 0.717) is 12.8 Å². The van der Waals surface area contributed by atoms with Crippen LogP contribution in [-0.4, -0.2) is 23.5 Å². The molecule has 21 heavy (non-hydrogen) atoms. The number of rotatable bonds is 5. The van der Waals surface area contributed by atoms with Gasteiger partial charge in [0.15, 0.2) is 0 Å².